The molecule has 1 aliphatic rings. The van der Waals surface area contributed by atoms with Gasteiger partial charge < -0.3 is 19.0 Å². The second-order valence-corrected chi connectivity index (χ2v) is 6.52. The number of carboxylic acid groups (broad SMARTS) is 1. The number of aliphatic carboxylic acids is 1. The predicted octanol–water partition coefficient (Wildman–Crippen LogP) is 2.43. The van der Waals surface area contributed by atoms with E-state index in [1.807, 2.05) is 24.3 Å². The fraction of sp³-hybridized carbons (Fsp3) is 0.294. The summed E-state index contributed by atoms with van der Waals surface area (Å²) in [4.78, 5) is 22.3. The Hall–Kier alpha value is -2.45. The Morgan fingerprint density at radius 2 is 2.04 bits per heavy atom. The predicted molar refractivity (Wildman–Crippen MR) is 90.6 cm³/mol. The van der Waals surface area contributed by atoms with Gasteiger partial charge in [0.1, 0.15) is 24.2 Å². The molecule has 7 nitrogen and oxygen atoms in total. The Kier molecular flexibility index (Phi) is 5.30. The van der Waals surface area contributed by atoms with Crippen LogP contribution in [0.15, 0.2) is 40.8 Å². The molecule has 1 aromatic heterocycles. The van der Waals surface area contributed by atoms with Gasteiger partial charge in [0.2, 0.25) is 5.76 Å². The van der Waals surface area contributed by atoms with Crippen LogP contribution in [0, 0.1) is 0 Å². The van der Waals surface area contributed by atoms with E-state index >= 15 is 0 Å². The number of rotatable bonds is 6. The number of carboxylic acids is 1. The van der Waals surface area contributed by atoms with Gasteiger partial charge >= 0.3 is 11.9 Å². The maximum atomic E-state index is 11.3. The smallest absolute Gasteiger partial charge is 0.373 e. The minimum Gasteiger partial charge on any atom is -0.486 e. The van der Waals surface area contributed by atoms with E-state index in [4.69, 9.17) is 14.3 Å². The van der Waals surface area contributed by atoms with Crippen molar-refractivity contribution >= 4 is 23.7 Å². The molecule has 25 heavy (non-hydrogen) atoms. The lowest BCUT2D eigenvalue weighted by Crippen LogP contribution is -2.33. The third-order valence-electron chi connectivity index (χ3n) is 3.69. The second-order valence-electron chi connectivity index (χ2n) is 5.39. The number of hydrogen-bond acceptors (Lipinski definition) is 7. The Balaban J connectivity index is 1.55. The van der Waals surface area contributed by atoms with Gasteiger partial charge in [-0.3, -0.25) is 10.1 Å². The normalized spacial score (nSPS) is 19.6. The fourth-order valence-corrected chi connectivity index (χ4v) is 3.60. The number of furan rings is 1. The number of benzene rings is 1. The van der Waals surface area contributed by atoms with E-state index in [1.54, 1.807) is 17.8 Å². The summed E-state index contributed by atoms with van der Waals surface area (Å²) in [6.45, 7) is 0.188. The van der Waals surface area contributed by atoms with Crippen molar-refractivity contribution in [2.45, 2.75) is 18.0 Å². The van der Waals surface area contributed by atoms with Crippen molar-refractivity contribution < 1.29 is 28.6 Å². The Morgan fingerprint density at radius 1 is 1.28 bits per heavy atom. The van der Waals surface area contributed by atoms with Gasteiger partial charge in [-0.1, -0.05) is 12.1 Å². The Morgan fingerprint density at radius 3 is 2.68 bits per heavy atom. The number of carbonyl (C=O) groups is 2. The van der Waals surface area contributed by atoms with Crippen molar-refractivity contribution in [3.63, 3.8) is 0 Å². The average molecular weight is 363 g/mol. The van der Waals surface area contributed by atoms with Crippen LogP contribution in [0.5, 0.6) is 5.75 Å². The van der Waals surface area contributed by atoms with Gasteiger partial charge in [0.25, 0.3) is 0 Å². The third kappa shape index (κ3) is 4.15. The van der Waals surface area contributed by atoms with E-state index in [-0.39, 0.29) is 17.7 Å². The summed E-state index contributed by atoms with van der Waals surface area (Å²) >= 11 is 1.56. The van der Waals surface area contributed by atoms with Crippen LogP contribution in [0.4, 0.5) is 0 Å². The molecule has 0 unspecified atom stereocenters. The van der Waals surface area contributed by atoms with Crippen molar-refractivity contribution in [2.24, 2.45) is 0 Å². The number of methoxy groups -OCH3 is 1. The van der Waals surface area contributed by atoms with E-state index in [9.17, 15) is 9.59 Å². The zero-order valence-corrected chi connectivity index (χ0v) is 14.2. The van der Waals surface area contributed by atoms with E-state index in [2.05, 4.69) is 10.1 Å². The van der Waals surface area contributed by atoms with Crippen molar-refractivity contribution in [3.8, 4) is 5.75 Å². The molecular formula is C17H17NO6S. The summed E-state index contributed by atoms with van der Waals surface area (Å²) in [7, 11) is 1.29. The lowest BCUT2D eigenvalue weighted by Gasteiger charge is -2.12. The quantitative estimate of drug-likeness (QED) is 0.755. The molecule has 1 aromatic carbocycles. The highest BCUT2D eigenvalue weighted by molar-refractivity contribution is 7.99. The molecule has 0 saturated carbocycles. The Bertz CT molecular complexity index is 757. The van der Waals surface area contributed by atoms with Crippen LogP contribution < -0.4 is 10.1 Å². The fourth-order valence-electron chi connectivity index (χ4n) is 2.37. The van der Waals surface area contributed by atoms with Gasteiger partial charge in [-0.05, 0) is 29.8 Å². The molecule has 1 aliphatic heterocycles. The molecule has 2 N–H and O–H groups in total. The van der Waals surface area contributed by atoms with E-state index in [1.165, 1.54) is 13.2 Å². The summed E-state index contributed by atoms with van der Waals surface area (Å²) in [5, 5.41) is 12.0. The number of carbonyl (C=O) groups excluding carboxylic acids is 1. The number of hydrogen-bond donors (Lipinski definition) is 2. The SMILES string of the molecule is COC(=O)c1ccc(COc2ccc([C@@H]3N[C@H](C(=O)O)CS3)cc2)o1. The van der Waals surface area contributed by atoms with E-state index < -0.39 is 18.0 Å². The van der Waals surface area contributed by atoms with Gasteiger partial charge in [-0.2, -0.15) is 0 Å². The minimum absolute atomic E-state index is 0.0390. The van der Waals surface area contributed by atoms with Crippen LogP contribution in [0.3, 0.4) is 0 Å². The first kappa shape index (κ1) is 17.4. The van der Waals surface area contributed by atoms with Gasteiger partial charge in [-0.15, -0.1) is 11.8 Å². The summed E-state index contributed by atoms with van der Waals surface area (Å²) in [5.74, 6) is 0.476. The van der Waals surface area contributed by atoms with Crippen molar-refractivity contribution in [1.29, 1.82) is 0 Å². The molecule has 0 spiro atoms. The van der Waals surface area contributed by atoms with Crippen LogP contribution >= 0.6 is 11.8 Å². The molecule has 2 atom stereocenters. The maximum Gasteiger partial charge on any atom is 0.373 e. The highest BCUT2D eigenvalue weighted by Crippen LogP contribution is 2.33. The van der Waals surface area contributed by atoms with Crippen molar-refractivity contribution in [1.82, 2.24) is 5.32 Å². The highest BCUT2D eigenvalue weighted by Gasteiger charge is 2.30. The van der Waals surface area contributed by atoms with Crippen LogP contribution in [-0.4, -0.2) is 35.9 Å². The summed E-state index contributed by atoms with van der Waals surface area (Å²) in [6, 6.07) is 10.1. The zero-order chi connectivity index (χ0) is 17.8. The summed E-state index contributed by atoms with van der Waals surface area (Å²) in [5.41, 5.74) is 0.993. The number of ether oxygens (including phenoxy) is 2. The van der Waals surface area contributed by atoms with Crippen molar-refractivity contribution in [3.05, 3.63) is 53.5 Å². The third-order valence-corrected chi connectivity index (χ3v) is 4.96. The molecule has 3 rings (SSSR count). The van der Waals surface area contributed by atoms with Gasteiger partial charge in [0, 0.05) is 5.75 Å². The topological polar surface area (TPSA) is 98.0 Å². The Labute approximate surface area is 148 Å². The van der Waals surface area contributed by atoms with E-state index in [0.717, 1.165) is 5.56 Å². The molecule has 0 aliphatic carbocycles. The first-order chi connectivity index (χ1) is 12.1. The number of esters is 1. The first-order valence-corrected chi connectivity index (χ1v) is 8.62. The molecule has 8 heteroatoms. The van der Waals surface area contributed by atoms with Crippen LogP contribution in [0.2, 0.25) is 0 Å². The monoisotopic (exact) mass is 363 g/mol. The van der Waals surface area contributed by atoms with Gasteiger partial charge in [-0.25, -0.2) is 4.79 Å². The van der Waals surface area contributed by atoms with Gasteiger partial charge in [0.15, 0.2) is 0 Å². The van der Waals surface area contributed by atoms with Crippen LogP contribution in [0.25, 0.3) is 0 Å². The van der Waals surface area contributed by atoms with Crippen molar-refractivity contribution in [2.75, 3.05) is 12.9 Å². The molecule has 1 saturated heterocycles. The highest BCUT2D eigenvalue weighted by atomic mass is 32.2. The number of nitrogens with one attached hydrogen (secondary N) is 1. The second kappa shape index (κ2) is 7.62. The van der Waals surface area contributed by atoms with Crippen LogP contribution in [-0.2, 0) is 16.1 Å². The molecule has 2 aromatic rings. The molecule has 0 amide bonds. The zero-order valence-electron chi connectivity index (χ0n) is 13.4. The molecule has 0 bridgehead atoms. The first-order valence-electron chi connectivity index (χ1n) is 7.57. The standard InChI is InChI=1S/C17H17NO6S/c1-22-17(21)14-7-6-12(24-14)8-23-11-4-2-10(3-5-11)15-18-13(9-25-15)16(19)20/h2-7,13,15,18H,8-9H2,1H3,(H,19,20)/t13-,15+/m0/s1. The lowest BCUT2D eigenvalue weighted by atomic mass is 10.2. The van der Waals surface area contributed by atoms with E-state index in [0.29, 0.717) is 17.3 Å². The minimum atomic E-state index is -0.834. The molecule has 1 fully saturated rings. The molecular weight excluding hydrogens is 346 g/mol. The van der Waals surface area contributed by atoms with Gasteiger partial charge in [0.05, 0.1) is 12.5 Å². The molecule has 0 radical (unpaired) electrons. The summed E-state index contributed by atoms with van der Waals surface area (Å²) < 4.78 is 15.5. The van der Waals surface area contributed by atoms with Crippen LogP contribution in [0.1, 0.15) is 27.3 Å². The average Bonchev–Trinajstić information content (AvgIpc) is 3.29. The largest absolute Gasteiger partial charge is 0.486 e. The lowest BCUT2D eigenvalue weighted by molar-refractivity contribution is -0.138. The summed E-state index contributed by atoms with van der Waals surface area (Å²) in [6.07, 6.45) is 0. The molecule has 2 heterocycles. The molecule has 132 valence electrons. The maximum absolute atomic E-state index is 11.3. The number of thioether (sulfide) groups is 1.